The first-order valence-corrected chi connectivity index (χ1v) is 8.42. The van der Waals surface area contributed by atoms with Gasteiger partial charge in [0.05, 0.1) is 11.5 Å². The van der Waals surface area contributed by atoms with Gasteiger partial charge < -0.3 is 10.2 Å². The maximum Gasteiger partial charge on any atom is 0.223 e. The average Bonchev–Trinajstić information content (AvgIpc) is 2.52. The first kappa shape index (κ1) is 15.4. The number of rotatable bonds is 5. The molecule has 0 unspecified atom stereocenters. The third-order valence-electron chi connectivity index (χ3n) is 2.91. The lowest BCUT2D eigenvalue weighted by Gasteiger charge is -2.19. The van der Waals surface area contributed by atoms with E-state index in [1.807, 2.05) is 13.8 Å². The van der Waals surface area contributed by atoms with Crippen LogP contribution in [0, 0.1) is 5.92 Å². The van der Waals surface area contributed by atoms with Crippen molar-refractivity contribution in [2.24, 2.45) is 5.92 Å². The summed E-state index contributed by atoms with van der Waals surface area (Å²) in [4.78, 5) is 13.7. The largest absolute Gasteiger partial charge is 0.341 e. The molecule has 1 aliphatic rings. The van der Waals surface area contributed by atoms with Gasteiger partial charge in [0.2, 0.25) is 5.91 Å². The summed E-state index contributed by atoms with van der Waals surface area (Å²) in [6, 6.07) is 0. The highest BCUT2D eigenvalue weighted by molar-refractivity contribution is 7.91. The minimum Gasteiger partial charge on any atom is -0.341 e. The van der Waals surface area contributed by atoms with E-state index in [2.05, 4.69) is 5.32 Å². The number of nitrogens with one attached hydrogen (secondary N) is 1. The van der Waals surface area contributed by atoms with Crippen LogP contribution in [0.2, 0.25) is 0 Å². The normalized spacial score (nSPS) is 17.8. The third-order valence-corrected chi connectivity index (χ3v) is 4.91. The average molecular weight is 276 g/mol. The van der Waals surface area contributed by atoms with Crippen molar-refractivity contribution in [3.05, 3.63) is 0 Å². The molecule has 6 heteroatoms. The summed E-state index contributed by atoms with van der Waals surface area (Å²) >= 11 is 0. The Balaban J connectivity index is 2.40. The van der Waals surface area contributed by atoms with Gasteiger partial charge in [-0.1, -0.05) is 13.8 Å². The van der Waals surface area contributed by atoms with Crippen LogP contribution >= 0.6 is 0 Å². The van der Waals surface area contributed by atoms with Gasteiger partial charge in [0.15, 0.2) is 9.84 Å². The van der Waals surface area contributed by atoms with E-state index in [9.17, 15) is 13.2 Å². The van der Waals surface area contributed by atoms with Crippen molar-refractivity contribution in [1.82, 2.24) is 10.2 Å². The third kappa shape index (κ3) is 5.82. The highest BCUT2D eigenvalue weighted by Gasteiger charge is 2.19. The molecular weight excluding hydrogens is 252 g/mol. The molecule has 0 aliphatic carbocycles. The fourth-order valence-electron chi connectivity index (χ4n) is 2.09. The summed E-state index contributed by atoms with van der Waals surface area (Å²) in [6.07, 6.45) is 1.06. The number of carbonyl (C=O) groups is 1. The molecule has 1 N–H and O–H groups in total. The Morgan fingerprint density at radius 1 is 1.28 bits per heavy atom. The Morgan fingerprint density at radius 2 is 2.00 bits per heavy atom. The monoisotopic (exact) mass is 276 g/mol. The Labute approximate surface area is 110 Å². The summed E-state index contributed by atoms with van der Waals surface area (Å²) in [5.41, 5.74) is 0. The highest BCUT2D eigenvalue weighted by atomic mass is 32.2. The summed E-state index contributed by atoms with van der Waals surface area (Å²) < 4.78 is 23.4. The van der Waals surface area contributed by atoms with Crippen LogP contribution in [0.3, 0.4) is 0 Å². The molecule has 1 rings (SSSR count). The Bertz CT molecular complexity index is 358. The van der Waals surface area contributed by atoms with Crippen LogP contribution in [0.4, 0.5) is 0 Å². The number of amides is 1. The molecule has 0 saturated carbocycles. The SMILES string of the molecule is CC(C)CS(=O)(=O)CCC(=O)N1CCCNCC1. The second-order valence-corrected chi connectivity index (χ2v) is 7.47. The second kappa shape index (κ2) is 7.09. The summed E-state index contributed by atoms with van der Waals surface area (Å²) in [5.74, 6) is 0.231. The van der Waals surface area contributed by atoms with Gasteiger partial charge in [-0.2, -0.15) is 0 Å². The molecule has 0 aromatic heterocycles. The molecule has 1 saturated heterocycles. The van der Waals surface area contributed by atoms with E-state index in [0.29, 0.717) is 6.54 Å². The molecule has 0 spiro atoms. The molecule has 5 nitrogen and oxygen atoms in total. The predicted octanol–water partition coefficient (Wildman–Crippen LogP) is 0.269. The minimum atomic E-state index is -3.09. The Hall–Kier alpha value is -0.620. The lowest BCUT2D eigenvalue weighted by molar-refractivity contribution is -0.130. The number of nitrogens with zero attached hydrogens (tertiary/aromatic N) is 1. The van der Waals surface area contributed by atoms with E-state index in [4.69, 9.17) is 0 Å². The van der Waals surface area contributed by atoms with Crippen LogP contribution in [0.25, 0.3) is 0 Å². The van der Waals surface area contributed by atoms with E-state index in [1.54, 1.807) is 4.90 Å². The predicted molar refractivity (Wildman–Crippen MR) is 72.2 cm³/mol. The standard InChI is InChI=1S/C12H24N2O3S/c1-11(2)10-18(16,17)9-4-12(15)14-7-3-5-13-6-8-14/h11,13H,3-10H2,1-2H3. The van der Waals surface area contributed by atoms with Crippen molar-refractivity contribution < 1.29 is 13.2 Å². The van der Waals surface area contributed by atoms with Crippen LogP contribution in [-0.2, 0) is 14.6 Å². The van der Waals surface area contributed by atoms with Gasteiger partial charge in [0.1, 0.15) is 0 Å². The molecule has 1 amide bonds. The molecule has 0 aromatic carbocycles. The van der Waals surface area contributed by atoms with Gasteiger partial charge in [0, 0.05) is 26.1 Å². The first-order valence-electron chi connectivity index (χ1n) is 6.59. The van der Waals surface area contributed by atoms with Gasteiger partial charge in [0.25, 0.3) is 0 Å². The van der Waals surface area contributed by atoms with Gasteiger partial charge >= 0.3 is 0 Å². The van der Waals surface area contributed by atoms with Crippen LogP contribution in [0.15, 0.2) is 0 Å². The molecule has 18 heavy (non-hydrogen) atoms. The number of hydrogen-bond acceptors (Lipinski definition) is 4. The zero-order valence-corrected chi connectivity index (χ0v) is 12.1. The fourth-order valence-corrected chi connectivity index (χ4v) is 3.76. The lowest BCUT2D eigenvalue weighted by atomic mass is 10.3. The molecule has 0 atom stereocenters. The summed E-state index contributed by atoms with van der Waals surface area (Å²) in [7, 11) is -3.09. The molecule has 106 valence electrons. The minimum absolute atomic E-state index is 0.0199. The van der Waals surface area contributed by atoms with Crippen molar-refractivity contribution in [2.75, 3.05) is 37.7 Å². The Kier molecular flexibility index (Phi) is 6.08. The van der Waals surface area contributed by atoms with E-state index in [-0.39, 0.29) is 29.8 Å². The Morgan fingerprint density at radius 3 is 2.67 bits per heavy atom. The maximum absolute atomic E-state index is 11.9. The molecule has 0 aromatic rings. The topological polar surface area (TPSA) is 66.5 Å². The van der Waals surface area contributed by atoms with E-state index in [0.717, 1.165) is 26.1 Å². The fraction of sp³-hybridized carbons (Fsp3) is 0.917. The van der Waals surface area contributed by atoms with E-state index in [1.165, 1.54) is 0 Å². The summed E-state index contributed by atoms with van der Waals surface area (Å²) in [6.45, 7) is 6.89. The quantitative estimate of drug-likeness (QED) is 0.783. The molecule has 0 radical (unpaired) electrons. The van der Waals surface area contributed by atoms with E-state index >= 15 is 0 Å². The summed E-state index contributed by atoms with van der Waals surface area (Å²) in [5, 5.41) is 3.22. The molecule has 0 bridgehead atoms. The number of carbonyl (C=O) groups excluding carboxylic acids is 1. The maximum atomic E-state index is 11.9. The van der Waals surface area contributed by atoms with E-state index < -0.39 is 9.84 Å². The molecule has 1 heterocycles. The zero-order valence-electron chi connectivity index (χ0n) is 11.3. The zero-order chi connectivity index (χ0) is 13.6. The van der Waals surface area contributed by atoms with Crippen molar-refractivity contribution in [3.8, 4) is 0 Å². The smallest absolute Gasteiger partial charge is 0.223 e. The van der Waals surface area contributed by atoms with Crippen LogP contribution < -0.4 is 5.32 Å². The van der Waals surface area contributed by atoms with Gasteiger partial charge in [-0.3, -0.25) is 4.79 Å². The van der Waals surface area contributed by atoms with Gasteiger partial charge in [-0.05, 0) is 18.9 Å². The second-order valence-electron chi connectivity index (χ2n) is 5.24. The first-order chi connectivity index (χ1) is 8.41. The number of sulfone groups is 1. The van der Waals surface area contributed by atoms with Crippen molar-refractivity contribution >= 4 is 15.7 Å². The van der Waals surface area contributed by atoms with Crippen LogP contribution in [0.5, 0.6) is 0 Å². The van der Waals surface area contributed by atoms with Gasteiger partial charge in [-0.25, -0.2) is 8.42 Å². The molecule has 1 fully saturated rings. The van der Waals surface area contributed by atoms with Gasteiger partial charge in [-0.15, -0.1) is 0 Å². The lowest BCUT2D eigenvalue weighted by Crippen LogP contribution is -2.35. The molecule has 1 aliphatic heterocycles. The van der Waals surface area contributed by atoms with Crippen molar-refractivity contribution in [3.63, 3.8) is 0 Å². The number of hydrogen-bond donors (Lipinski definition) is 1. The van der Waals surface area contributed by atoms with Crippen molar-refractivity contribution in [1.29, 1.82) is 0 Å². The van der Waals surface area contributed by atoms with Crippen LogP contribution in [-0.4, -0.2) is 56.9 Å². The van der Waals surface area contributed by atoms with Crippen LogP contribution in [0.1, 0.15) is 26.7 Å². The highest BCUT2D eigenvalue weighted by Crippen LogP contribution is 2.05. The van der Waals surface area contributed by atoms with Crippen molar-refractivity contribution in [2.45, 2.75) is 26.7 Å². The molecular formula is C12H24N2O3S.